The molecule has 0 saturated heterocycles. The lowest BCUT2D eigenvalue weighted by Crippen LogP contribution is -2.30. The summed E-state index contributed by atoms with van der Waals surface area (Å²) in [6.07, 6.45) is -0.160. The predicted molar refractivity (Wildman–Crippen MR) is 58.4 cm³/mol. The van der Waals surface area contributed by atoms with E-state index < -0.39 is 17.4 Å². The molecule has 1 rings (SSSR count). The summed E-state index contributed by atoms with van der Waals surface area (Å²) < 4.78 is 0. The normalized spacial score (nSPS) is 11.1. The first-order chi connectivity index (χ1) is 7.35. The van der Waals surface area contributed by atoms with E-state index in [0.717, 1.165) is 0 Å². The molecular weight excluding hydrogens is 208 g/mol. The van der Waals surface area contributed by atoms with Crippen LogP contribution >= 0.6 is 0 Å². The fourth-order valence-corrected chi connectivity index (χ4v) is 1.56. The van der Waals surface area contributed by atoms with Crippen molar-refractivity contribution in [1.82, 2.24) is 0 Å². The third kappa shape index (κ3) is 2.39. The first-order valence-electron chi connectivity index (χ1n) is 4.89. The molecule has 0 aromatic heterocycles. The van der Waals surface area contributed by atoms with Crippen LogP contribution in [0.5, 0.6) is 0 Å². The molecule has 0 fully saturated rings. The maximum absolute atomic E-state index is 11.1. The maximum Gasteiger partial charge on any atom is 0.313 e. The third-order valence-corrected chi connectivity index (χ3v) is 2.57. The maximum atomic E-state index is 11.1. The summed E-state index contributed by atoms with van der Waals surface area (Å²) in [5, 5.41) is 17.9. The highest BCUT2D eigenvalue weighted by atomic mass is 16.4. The van der Waals surface area contributed by atoms with Gasteiger partial charge in [-0.15, -0.1) is 0 Å². The molecule has 0 radical (unpaired) electrons. The minimum Gasteiger partial charge on any atom is -0.481 e. The zero-order valence-electron chi connectivity index (χ0n) is 9.23. The lowest BCUT2D eigenvalue weighted by molar-refractivity contribution is -0.142. The van der Waals surface area contributed by atoms with Crippen LogP contribution in [0.3, 0.4) is 0 Å². The Labute approximate surface area is 93.5 Å². The lowest BCUT2D eigenvalue weighted by atomic mass is 9.81. The standard InChI is InChI=1S/C12H14O4/c1-12(2,11(15)16)9-6-4-3-5-8(9)7-10(13)14/h3-6H,7H2,1-2H3,(H,13,14)(H,15,16). The minimum absolute atomic E-state index is 0.160. The van der Waals surface area contributed by atoms with E-state index in [1.165, 1.54) is 0 Å². The van der Waals surface area contributed by atoms with Crippen LogP contribution < -0.4 is 0 Å². The van der Waals surface area contributed by atoms with Crippen LogP contribution in [0.15, 0.2) is 24.3 Å². The van der Waals surface area contributed by atoms with Crippen molar-refractivity contribution in [2.75, 3.05) is 0 Å². The van der Waals surface area contributed by atoms with Crippen LogP contribution in [0.25, 0.3) is 0 Å². The SMILES string of the molecule is CC(C)(C(=O)O)c1ccccc1CC(=O)O. The van der Waals surface area contributed by atoms with Gasteiger partial charge in [0, 0.05) is 0 Å². The number of aliphatic carboxylic acids is 2. The molecule has 0 unspecified atom stereocenters. The zero-order valence-corrected chi connectivity index (χ0v) is 9.23. The van der Waals surface area contributed by atoms with E-state index in [4.69, 9.17) is 10.2 Å². The van der Waals surface area contributed by atoms with Crippen molar-refractivity contribution in [2.24, 2.45) is 0 Å². The van der Waals surface area contributed by atoms with E-state index in [-0.39, 0.29) is 6.42 Å². The summed E-state index contributed by atoms with van der Waals surface area (Å²) >= 11 is 0. The molecule has 86 valence electrons. The number of carboxylic acid groups (broad SMARTS) is 2. The molecule has 0 spiro atoms. The molecule has 2 N–H and O–H groups in total. The molecule has 0 amide bonds. The van der Waals surface area contributed by atoms with E-state index in [9.17, 15) is 9.59 Å². The highest BCUT2D eigenvalue weighted by molar-refractivity contribution is 5.82. The predicted octanol–water partition coefficient (Wildman–Crippen LogP) is 1.68. The number of rotatable bonds is 4. The average Bonchev–Trinajstić information content (AvgIpc) is 2.17. The largest absolute Gasteiger partial charge is 0.481 e. The van der Waals surface area contributed by atoms with Crippen LogP contribution in [-0.2, 0) is 21.4 Å². The molecule has 4 heteroatoms. The summed E-state index contributed by atoms with van der Waals surface area (Å²) in [5.74, 6) is -1.93. The van der Waals surface area contributed by atoms with E-state index in [1.54, 1.807) is 38.1 Å². The molecule has 1 aromatic carbocycles. The van der Waals surface area contributed by atoms with Gasteiger partial charge in [0.15, 0.2) is 0 Å². The molecule has 4 nitrogen and oxygen atoms in total. The molecular formula is C12H14O4. The van der Waals surface area contributed by atoms with Crippen LogP contribution in [-0.4, -0.2) is 22.2 Å². The van der Waals surface area contributed by atoms with E-state index in [2.05, 4.69) is 0 Å². The van der Waals surface area contributed by atoms with Gasteiger partial charge in [-0.3, -0.25) is 9.59 Å². The summed E-state index contributed by atoms with van der Waals surface area (Å²) in [4.78, 5) is 21.8. The van der Waals surface area contributed by atoms with Gasteiger partial charge in [-0.2, -0.15) is 0 Å². The van der Waals surface area contributed by atoms with Crippen molar-refractivity contribution in [3.8, 4) is 0 Å². The van der Waals surface area contributed by atoms with Crippen molar-refractivity contribution in [3.63, 3.8) is 0 Å². The van der Waals surface area contributed by atoms with Gasteiger partial charge in [-0.1, -0.05) is 24.3 Å². The minimum atomic E-state index is -1.08. The van der Waals surface area contributed by atoms with E-state index in [1.807, 2.05) is 0 Å². The van der Waals surface area contributed by atoms with Gasteiger partial charge in [-0.25, -0.2) is 0 Å². The average molecular weight is 222 g/mol. The lowest BCUT2D eigenvalue weighted by Gasteiger charge is -2.22. The molecule has 0 saturated carbocycles. The van der Waals surface area contributed by atoms with E-state index >= 15 is 0 Å². The van der Waals surface area contributed by atoms with Gasteiger partial charge >= 0.3 is 11.9 Å². The highest BCUT2D eigenvalue weighted by Crippen LogP contribution is 2.27. The van der Waals surface area contributed by atoms with Crippen molar-refractivity contribution < 1.29 is 19.8 Å². The molecule has 0 aliphatic carbocycles. The van der Waals surface area contributed by atoms with Crippen LogP contribution in [0.2, 0.25) is 0 Å². The van der Waals surface area contributed by atoms with Gasteiger partial charge < -0.3 is 10.2 Å². The highest BCUT2D eigenvalue weighted by Gasteiger charge is 2.31. The number of carboxylic acids is 2. The Kier molecular flexibility index (Phi) is 3.32. The van der Waals surface area contributed by atoms with Gasteiger partial charge in [0.1, 0.15) is 0 Å². The molecule has 0 atom stereocenters. The summed E-state index contributed by atoms with van der Waals surface area (Å²) in [6.45, 7) is 3.13. The van der Waals surface area contributed by atoms with Gasteiger partial charge in [0.05, 0.1) is 11.8 Å². The smallest absolute Gasteiger partial charge is 0.313 e. The van der Waals surface area contributed by atoms with Crippen molar-refractivity contribution in [3.05, 3.63) is 35.4 Å². The molecule has 0 heterocycles. The van der Waals surface area contributed by atoms with Gasteiger partial charge in [-0.05, 0) is 25.0 Å². The second-order valence-electron chi connectivity index (χ2n) is 4.16. The Bertz CT molecular complexity index is 421. The third-order valence-electron chi connectivity index (χ3n) is 2.57. The first-order valence-corrected chi connectivity index (χ1v) is 4.89. The summed E-state index contributed by atoms with van der Waals surface area (Å²) in [6, 6.07) is 6.73. The van der Waals surface area contributed by atoms with Gasteiger partial charge in [0.2, 0.25) is 0 Å². The Morgan fingerprint density at radius 1 is 1.19 bits per heavy atom. The topological polar surface area (TPSA) is 74.6 Å². The quantitative estimate of drug-likeness (QED) is 0.812. The second-order valence-corrected chi connectivity index (χ2v) is 4.16. The summed E-state index contributed by atoms with van der Waals surface area (Å²) in [7, 11) is 0. The molecule has 0 aliphatic heterocycles. The fourth-order valence-electron chi connectivity index (χ4n) is 1.56. The second kappa shape index (κ2) is 4.35. The Morgan fingerprint density at radius 3 is 2.25 bits per heavy atom. The number of hydrogen-bond donors (Lipinski definition) is 2. The van der Waals surface area contributed by atoms with Crippen molar-refractivity contribution in [1.29, 1.82) is 0 Å². The van der Waals surface area contributed by atoms with Crippen LogP contribution in [0, 0.1) is 0 Å². The fraction of sp³-hybridized carbons (Fsp3) is 0.333. The van der Waals surface area contributed by atoms with Crippen LogP contribution in [0.1, 0.15) is 25.0 Å². The number of hydrogen-bond acceptors (Lipinski definition) is 2. The van der Waals surface area contributed by atoms with Crippen LogP contribution in [0.4, 0.5) is 0 Å². The van der Waals surface area contributed by atoms with E-state index in [0.29, 0.717) is 11.1 Å². The summed E-state index contributed by atoms with van der Waals surface area (Å²) in [5.41, 5.74) is 0.0128. The number of benzene rings is 1. The van der Waals surface area contributed by atoms with Gasteiger partial charge in [0.25, 0.3) is 0 Å². The van der Waals surface area contributed by atoms with Crippen molar-refractivity contribution in [2.45, 2.75) is 25.7 Å². The van der Waals surface area contributed by atoms with Crippen molar-refractivity contribution >= 4 is 11.9 Å². The molecule has 0 aliphatic rings. The molecule has 1 aromatic rings. The Hall–Kier alpha value is -1.84. The Balaban J connectivity index is 3.22. The molecule has 0 bridgehead atoms. The first kappa shape index (κ1) is 12.2. The molecule has 16 heavy (non-hydrogen) atoms. The monoisotopic (exact) mass is 222 g/mol. The Morgan fingerprint density at radius 2 is 1.75 bits per heavy atom. The zero-order chi connectivity index (χ0) is 12.3. The number of carbonyl (C=O) groups is 2.